The van der Waals surface area contributed by atoms with Gasteiger partial charge in [0.25, 0.3) is 0 Å². The summed E-state index contributed by atoms with van der Waals surface area (Å²) in [6.07, 6.45) is 5.68. The summed E-state index contributed by atoms with van der Waals surface area (Å²) in [5.41, 5.74) is 2.25. The summed E-state index contributed by atoms with van der Waals surface area (Å²) in [4.78, 5) is 8.76. The Kier molecular flexibility index (Phi) is 2.50. The smallest absolute Gasteiger partial charge is 0.234 e. The third kappa shape index (κ3) is 1.77. The average Bonchev–Trinajstić information content (AvgIpc) is 3.05. The lowest BCUT2D eigenvalue weighted by molar-refractivity contribution is 1.11. The number of aromatic nitrogens is 3. The van der Waals surface area contributed by atoms with Crippen LogP contribution in [-0.2, 0) is 0 Å². The average molecular weight is 295 g/mol. The van der Waals surface area contributed by atoms with Gasteiger partial charge in [-0.05, 0) is 33.7 Å². The van der Waals surface area contributed by atoms with Gasteiger partial charge in [-0.25, -0.2) is 9.97 Å². The number of hydrogen-bond donors (Lipinski definition) is 0. The maximum atomic E-state index is 4.43. The van der Waals surface area contributed by atoms with Crippen LogP contribution in [0.15, 0.2) is 79.3 Å². The van der Waals surface area contributed by atoms with E-state index in [1.54, 1.807) is 6.20 Å². The van der Waals surface area contributed by atoms with Crippen LogP contribution in [0.5, 0.6) is 0 Å². The van der Waals surface area contributed by atoms with E-state index in [0.717, 1.165) is 11.5 Å². The highest BCUT2D eigenvalue weighted by Gasteiger charge is 2.12. The van der Waals surface area contributed by atoms with Crippen molar-refractivity contribution < 1.29 is 0 Å². The first kappa shape index (κ1) is 12.4. The zero-order valence-corrected chi connectivity index (χ0v) is 12.3. The molecule has 0 unspecified atom stereocenters. The molecule has 0 N–H and O–H groups in total. The van der Waals surface area contributed by atoms with Crippen LogP contribution in [0.3, 0.4) is 0 Å². The minimum Gasteiger partial charge on any atom is -0.284 e. The molecule has 5 rings (SSSR count). The molecule has 0 fully saturated rings. The van der Waals surface area contributed by atoms with E-state index < -0.39 is 0 Å². The number of benzene rings is 3. The first-order chi connectivity index (χ1) is 11.4. The minimum atomic E-state index is 0.722. The summed E-state index contributed by atoms with van der Waals surface area (Å²) < 4.78 is 2.04. The summed E-state index contributed by atoms with van der Waals surface area (Å²) in [6.45, 7) is 0. The minimum absolute atomic E-state index is 0.722. The van der Waals surface area contributed by atoms with Crippen LogP contribution in [0.2, 0.25) is 0 Å². The van der Waals surface area contributed by atoms with Crippen molar-refractivity contribution in [3.63, 3.8) is 0 Å². The monoisotopic (exact) mass is 295 g/mol. The number of hydrogen-bond acceptors (Lipinski definition) is 2. The third-order valence-electron chi connectivity index (χ3n) is 4.33. The first-order valence-electron chi connectivity index (χ1n) is 7.61. The molecular weight excluding hydrogens is 282 g/mol. The number of fused-ring (bicyclic) bond motifs is 4. The van der Waals surface area contributed by atoms with E-state index in [1.165, 1.54) is 27.1 Å². The van der Waals surface area contributed by atoms with Crippen LogP contribution >= 0.6 is 0 Å². The van der Waals surface area contributed by atoms with Gasteiger partial charge in [-0.3, -0.25) is 4.40 Å². The predicted octanol–water partition coefficient (Wildman–Crippen LogP) is 4.70. The summed E-state index contributed by atoms with van der Waals surface area (Å²) in [7, 11) is 0. The van der Waals surface area contributed by atoms with Crippen molar-refractivity contribution in [2.24, 2.45) is 0 Å². The molecule has 0 aliphatic carbocycles. The summed E-state index contributed by atoms with van der Waals surface area (Å²) in [5, 5.41) is 5.01. The van der Waals surface area contributed by atoms with Gasteiger partial charge >= 0.3 is 0 Å². The highest BCUT2D eigenvalue weighted by atomic mass is 15.1. The van der Waals surface area contributed by atoms with Gasteiger partial charge in [0.2, 0.25) is 5.78 Å². The molecule has 0 atom stereocenters. The molecule has 3 nitrogen and oxygen atoms in total. The second-order valence-electron chi connectivity index (χ2n) is 5.62. The van der Waals surface area contributed by atoms with Crippen LogP contribution < -0.4 is 0 Å². The van der Waals surface area contributed by atoms with Gasteiger partial charge in [0.15, 0.2) is 0 Å². The molecule has 3 aromatic carbocycles. The Morgan fingerprint density at radius 1 is 0.739 bits per heavy atom. The molecule has 2 aromatic heterocycles. The molecule has 23 heavy (non-hydrogen) atoms. The molecule has 0 spiro atoms. The largest absolute Gasteiger partial charge is 0.284 e. The highest BCUT2D eigenvalue weighted by molar-refractivity contribution is 6.13. The van der Waals surface area contributed by atoms with Crippen molar-refractivity contribution in [3.8, 4) is 11.3 Å². The van der Waals surface area contributed by atoms with Crippen molar-refractivity contribution in [2.75, 3.05) is 0 Å². The number of imidazole rings is 1. The number of nitrogens with zero attached hydrogens (tertiary/aromatic N) is 3. The molecular formula is C20H13N3. The fourth-order valence-electron chi connectivity index (χ4n) is 3.29. The van der Waals surface area contributed by atoms with Gasteiger partial charge < -0.3 is 0 Å². The summed E-state index contributed by atoms with van der Waals surface area (Å²) in [5.74, 6) is 0.722. The maximum Gasteiger partial charge on any atom is 0.234 e. The zero-order valence-electron chi connectivity index (χ0n) is 12.3. The van der Waals surface area contributed by atoms with E-state index in [1.807, 2.05) is 22.9 Å². The molecule has 3 heteroatoms. The standard InChI is InChI=1S/C20H13N3/c1-2-7-15-14(6-1)12-18(17-9-4-3-8-16(15)17)19-13-22-20-21-10-5-11-23(19)20/h1-13H. The highest BCUT2D eigenvalue weighted by Crippen LogP contribution is 2.34. The molecule has 2 heterocycles. The van der Waals surface area contributed by atoms with E-state index in [0.29, 0.717) is 0 Å². The van der Waals surface area contributed by atoms with Gasteiger partial charge in [-0.1, -0.05) is 48.5 Å². The van der Waals surface area contributed by atoms with E-state index in [-0.39, 0.29) is 0 Å². The molecule has 0 aliphatic heterocycles. The SMILES string of the molecule is c1ccc2c(c1)cc(-c1cnc3ncccn13)c1ccccc12. The topological polar surface area (TPSA) is 30.2 Å². The van der Waals surface area contributed by atoms with Crippen molar-refractivity contribution in [2.45, 2.75) is 0 Å². The summed E-state index contributed by atoms with van der Waals surface area (Å²) >= 11 is 0. The Morgan fingerprint density at radius 3 is 2.43 bits per heavy atom. The van der Waals surface area contributed by atoms with Gasteiger partial charge in [-0.2, -0.15) is 0 Å². The quantitative estimate of drug-likeness (QED) is 0.419. The Morgan fingerprint density at radius 2 is 1.52 bits per heavy atom. The van der Waals surface area contributed by atoms with Gasteiger partial charge in [0, 0.05) is 18.0 Å². The maximum absolute atomic E-state index is 4.43. The Bertz CT molecular complexity index is 1170. The van der Waals surface area contributed by atoms with Gasteiger partial charge in [-0.15, -0.1) is 0 Å². The van der Waals surface area contributed by atoms with Crippen LogP contribution in [0.25, 0.3) is 38.6 Å². The predicted molar refractivity (Wildman–Crippen MR) is 93.4 cm³/mol. The molecule has 5 aromatic rings. The third-order valence-corrected chi connectivity index (χ3v) is 4.33. The zero-order chi connectivity index (χ0) is 15.2. The van der Waals surface area contributed by atoms with Crippen molar-refractivity contribution in [1.82, 2.24) is 14.4 Å². The Hall–Kier alpha value is -3.20. The van der Waals surface area contributed by atoms with E-state index in [4.69, 9.17) is 0 Å². The van der Waals surface area contributed by atoms with Gasteiger partial charge in [0.1, 0.15) is 0 Å². The molecule has 0 saturated heterocycles. The molecule has 0 radical (unpaired) electrons. The first-order valence-corrected chi connectivity index (χ1v) is 7.61. The number of rotatable bonds is 1. The van der Waals surface area contributed by atoms with Crippen LogP contribution in [0.4, 0.5) is 0 Å². The van der Waals surface area contributed by atoms with Crippen LogP contribution in [0.1, 0.15) is 0 Å². The van der Waals surface area contributed by atoms with Crippen molar-refractivity contribution in [3.05, 3.63) is 79.3 Å². The van der Waals surface area contributed by atoms with Crippen LogP contribution in [0, 0.1) is 0 Å². The lowest BCUT2D eigenvalue weighted by Crippen LogP contribution is -1.91. The fourth-order valence-corrected chi connectivity index (χ4v) is 3.29. The molecule has 0 aliphatic rings. The normalized spacial score (nSPS) is 11.5. The van der Waals surface area contributed by atoms with Crippen molar-refractivity contribution in [1.29, 1.82) is 0 Å². The van der Waals surface area contributed by atoms with Gasteiger partial charge in [0.05, 0.1) is 11.9 Å². The second kappa shape index (κ2) is 4.65. The van der Waals surface area contributed by atoms with E-state index in [2.05, 4.69) is 64.6 Å². The molecule has 0 bridgehead atoms. The summed E-state index contributed by atoms with van der Waals surface area (Å²) in [6, 6.07) is 21.2. The Balaban J connectivity index is 1.97. The fraction of sp³-hybridized carbons (Fsp3) is 0. The molecule has 0 amide bonds. The van der Waals surface area contributed by atoms with Crippen LogP contribution in [-0.4, -0.2) is 14.4 Å². The van der Waals surface area contributed by atoms with E-state index >= 15 is 0 Å². The van der Waals surface area contributed by atoms with Crippen molar-refractivity contribution >= 4 is 27.3 Å². The lowest BCUT2D eigenvalue weighted by atomic mass is 9.96. The second-order valence-corrected chi connectivity index (χ2v) is 5.62. The van der Waals surface area contributed by atoms with E-state index in [9.17, 15) is 0 Å². The lowest BCUT2D eigenvalue weighted by Gasteiger charge is -2.10. The molecule has 0 saturated carbocycles. The Labute approximate surface area is 132 Å². The molecule has 108 valence electrons.